The molecule has 1 heteroatoms. The number of nitrogens with zero attached hydrogens (tertiary/aromatic N) is 1. The SMILES string of the molecule is CC(C)[N]C(C(C)C)C1CCCCC1. The Bertz CT molecular complexity index is 145. The first kappa shape index (κ1) is 12.0. The topological polar surface area (TPSA) is 14.1 Å². The molecule has 0 N–H and O–H groups in total. The van der Waals surface area contributed by atoms with Gasteiger partial charge in [0.1, 0.15) is 0 Å². The molecule has 14 heavy (non-hydrogen) atoms. The van der Waals surface area contributed by atoms with E-state index in [0.717, 1.165) is 11.8 Å². The van der Waals surface area contributed by atoms with E-state index < -0.39 is 0 Å². The second-order valence-corrected chi connectivity index (χ2v) is 5.38. The predicted octanol–water partition coefficient (Wildman–Crippen LogP) is 3.60. The van der Waals surface area contributed by atoms with E-state index in [1.165, 1.54) is 32.1 Å². The average Bonchev–Trinajstić information content (AvgIpc) is 2.15. The van der Waals surface area contributed by atoms with Crippen LogP contribution in [0, 0.1) is 11.8 Å². The highest BCUT2D eigenvalue weighted by molar-refractivity contribution is 4.82. The van der Waals surface area contributed by atoms with Crippen LogP contribution in [-0.2, 0) is 0 Å². The third-order valence-corrected chi connectivity index (χ3v) is 3.29. The lowest BCUT2D eigenvalue weighted by Crippen LogP contribution is -2.39. The average molecular weight is 196 g/mol. The lowest BCUT2D eigenvalue weighted by atomic mass is 9.79. The van der Waals surface area contributed by atoms with E-state index in [1.54, 1.807) is 0 Å². The first-order valence-corrected chi connectivity index (χ1v) is 6.31. The summed E-state index contributed by atoms with van der Waals surface area (Å²) in [7, 11) is 0. The van der Waals surface area contributed by atoms with Crippen LogP contribution in [0.1, 0.15) is 59.8 Å². The summed E-state index contributed by atoms with van der Waals surface area (Å²) in [6, 6.07) is 1.12. The molecule has 1 fully saturated rings. The van der Waals surface area contributed by atoms with Crippen LogP contribution in [0.15, 0.2) is 0 Å². The molecule has 0 bridgehead atoms. The highest BCUT2D eigenvalue weighted by atomic mass is 14.9. The summed E-state index contributed by atoms with van der Waals surface area (Å²) < 4.78 is 0. The summed E-state index contributed by atoms with van der Waals surface area (Å²) in [5, 5.41) is 4.90. The molecule has 0 aromatic carbocycles. The summed E-state index contributed by atoms with van der Waals surface area (Å²) in [5.41, 5.74) is 0. The fraction of sp³-hybridized carbons (Fsp3) is 1.00. The fourth-order valence-electron chi connectivity index (χ4n) is 2.66. The molecule has 0 saturated heterocycles. The van der Waals surface area contributed by atoms with Crippen LogP contribution in [0.4, 0.5) is 0 Å². The maximum absolute atomic E-state index is 4.90. The van der Waals surface area contributed by atoms with Crippen molar-refractivity contribution in [1.82, 2.24) is 5.32 Å². The summed E-state index contributed by atoms with van der Waals surface area (Å²) in [5.74, 6) is 1.60. The van der Waals surface area contributed by atoms with Crippen LogP contribution in [0.5, 0.6) is 0 Å². The molecule has 0 aromatic heterocycles. The van der Waals surface area contributed by atoms with Gasteiger partial charge in [-0.15, -0.1) is 0 Å². The van der Waals surface area contributed by atoms with E-state index in [-0.39, 0.29) is 0 Å². The predicted molar refractivity (Wildman–Crippen MR) is 62.5 cm³/mol. The molecule has 1 atom stereocenters. The molecule has 1 saturated carbocycles. The van der Waals surface area contributed by atoms with E-state index in [0.29, 0.717) is 12.1 Å². The summed E-state index contributed by atoms with van der Waals surface area (Å²) in [4.78, 5) is 0. The molecule has 0 aromatic rings. The normalized spacial score (nSPS) is 21.9. The van der Waals surface area contributed by atoms with Crippen molar-refractivity contribution in [1.29, 1.82) is 0 Å². The van der Waals surface area contributed by atoms with Gasteiger partial charge in [0, 0.05) is 12.1 Å². The zero-order chi connectivity index (χ0) is 10.6. The van der Waals surface area contributed by atoms with Gasteiger partial charge in [0.2, 0.25) is 0 Å². The van der Waals surface area contributed by atoms with Crippen molar-refractivity contribution in [2.24, 2.45) is 11.8 Å². The van der Waals surface area contributed by atoms with Crippen molar-refractivity contribution in [3.63, 3.8) is 0 Å². The molecule has 0 amide bonds. The molecule has 1 aliphatic rings. The Morgan fingerprint density at radius 1 is 0.929 bits per heavy atom. The van der Waals surface area contributed by atoms with Gasteiger partial charge < -0.3 is 0 Å². The third kappa shape index (κ3) is 3.61. The minimum Gasteiger partial charge on any atom is -0.235 e. The Hall–Kier alpha value is -0.0400. The largest absolute Gasteiger partial charge is 0.235 e. The quantitative estimate of drug-likeness (QED) is 0.652. The van der Waals surface area contributed by atoms with Crippen molar-refractivity contribution in [2.45, 2.75) is 71.9 Å². The molecule has 1 nitrogen and oxygen atoms in total. The van der Waals surface area contributed by atoms with Gasteiger partial charge in [-0.05, 0) is 38.5 Å². The molecule has 83 valence electrons. The summed E-state index contributed by atoms with van der Waals surface area (Å²) in [6.07, 6.45) is 7.14. The fourth-order valence-corrected chi connectivity index (χ4v) is 2.66. The monoisotopic (exact) mass is 196 g/mol. The molecule has 1 radical (unpaired) electrons. The van der Waals surface area contributed by atoms with E-state index in [9.17, 15) is 0 Å². The van der Waals surface area contributed by atoms with Crippen LogP contribution in [0.2, 0.25) is 0 Å². The molecule has 0 aliphatic heterocycles. The lowest BCUT2D eigenvalue weighted by molar-refractivity contribution is 0.208. The van der Waals surface area contributed by atoms with Gasteiger partial charge in [-0.1, -0.05) is 33.1 Å². The van der Waals surface area contributed by atoms with Crippen LogP contribution >= 0.6 is 0 Å². The van der Waals surface area contributed by atoms with Gasteiger partial charge in [0.05, 0.1) is 0 Å². The second-order valence-electron chi connectivity index (χ2n) is 5.38. The van der Waals surface area contributed by atoms with Gasteiger partial charge in [0.15, 0.2) is 0 Å². The van der Waals surface area contributed by atoms with E-state index in [2.05, 4.69) is 27.7 Å². The first-order valence-electron chi connectivity index (χ1n) is 6.31. The van der Waals surface area contributed by atoms with E-state index >= 15 is 0 Å². The Kier molecular flexibility index (Phi) is 4.94. The Morgan fingerprint density at radius 3 is 1.93 bits per heavy atom. The standard InChI is InChI=1S/C13H26N/c1-10(2)13(14-11(3)4)12-8-6-5-7-9-12/h10-13H,5-9H2,1-4H3. The summed E-state index contributed by atoms with van der Waals surface area (Å²) in [6.45, 7) is 9.06. The van der Waals surface area contributed by atoms with Crippen molar-refractivity contribution in [3.05, 3.63) is 0 Å². The maximum Gasteiger partial charge on any atom is 0.0300 e. The van der Waals surface area contributed by atoms with Crippen LogP contribution in [-0.4, -0.2) is 12.1 Å². The minimum absolute atomic E-state index is 0.504. The zero-order valence-electron chi connectivity index (χ0n) is 10.3. The van der Waals surface area contributed by atoms with E-state index in [1.807, 2.05) is 0 Å². The second kappa shape index (κ2) is 5.75. The van der Waals surface area contributed by atoms with Crippen LogP contribution < -0.4 is 5.32 Å². The molecule has 0 heterocycles. The smallest absolute Gasteiger partial charge is 0.0300 e. The van der Waals surface area contributed by atoms with Gasteiger partial charge in [-0.2, -0.15) is 0 Å². The molecule has 1 rings (SSSR count). The Morgan fingerprint density at radius 2 is 1.50 bits per heavy atom. The Balaban J connectivity index is 2.47. The highest BCUT2D eigenvalue weighted by Gasteiger charge is 2.27. The van der Waals surface area contributed by atoms with Gasteiger partial charge in [0.25, 0.3) is 0 Å². The third-order valence-electron chi connectivity index (χ3n) is 3.29. The molecule has 1 aliphatic carbocycles. The molecule has 1 unspecified atom stereocenters. The van der Waals surface area contributed by atoms with Crippen molar-refractivity contribution >= 4 is 0 Å². The van der Waals surface area contributed by atoms with Gasteiger partial charge in [-0.25, -0.2) is 5.32 Å². The molecule has 0 spiro atoms. The van der Waals surface area contributed by atoms with Crippen LogP contribution in [0.3, 0.4) is 0 Å². The highest BCUT2D eigenvalue weighted by Crippen LogP contribution is 2.30. The minimum atomic E-state index is 0.504. The number of rotatable bonds is 4. The maximum atomic E-state index is 4.90. The number of hydrogen-bond acceptors (Lipinski definition) is 0. The zero-order valence-corrected chi connectivity index (χ0v) is 10.3. The van der Waals surface area contributed by atoms with E-state index in [4.69, 9.17) is 5.32 Å². The molecular weight excluding hydrogens is 170 g/mol. The van der Waals surface area contributed by atoms with Crippen molar-refractivity contribution in [2.75, 3.05) is 0 Å². The first-order chi connectivity index (χ1) is 6.61. The Labute approximate surface area is 89.7 Å². The van der Waals surface area contributed by atoms with Crippen molar-refractivity contribution in [3.8, 4) is 0 Å². The number of hydrogen-bond donors (Lipinski definition) is 0. The van der Waals surface area contributed by atoms with Gasteiger partial charge in [-0.3, -0.25) is 0 Å². The molecular formula is C13H26N. The van der Waals surface area contributed by atoms with Crippen molar-refractivity contribution < 1.29 is 0 Å². The van der Waals surface area contributed by atoms with Crippen LogP contribution in [0.25, 0.3) is 0 Å². The summed E-state index contributed by atoms with van der Waals surface area (Å²) >= 11 is 0. The van der Waals surface area contributed by atoms with Gasteiger partial charge >= 0.3 is 0 Å². The lowest BCUT2D eigenvalue weighted by Gasteiger charge is -2.33.